The van der Waals surface area contributed by atoms with E-state index in [4.69, 9.17) is 22.2 Å². The monoisotopic (exact) mass is 391 g/mol. The van der Waals surface area contributed by atoms with Crippen LogP contribution in [0.25, 0.3) is 0 Å². The van der Waals surface area contributed by atoms with Gasteiger partial charge in [0.15, 0.2) is 0 Å². The van der Waals surface area contributed by atoms with Gasteiger partial charge in [0.1, 0.15) is 11.9 Å². The first-order valence-electron chi connectivity index (χ1n) is 8.84. The number of piperazine rings is 1. The van der Waals surface area contributed by atoms with Crippen molar-refractivity contribution in [2.45, 2.75) is 13.0 Å². The molecule has 0 aromatic heterocycles. The van der Waals surface area contributed by atoms with E-state index in [2.05, 4.69) is 11.4 Å². The first-order valence-corrected chi connectivity index (χ1v) is 9.25. The molecule has 0 aliphatic carbocycles. The fraction of sp³-hybridized carbons (Fsp3) is 0.500. The highest BCUT2D eigenvalue weighted by molar-refractivity contribution is 7.80. The number of halogens is 1. The van der Waals surface area contributed by atoms with Crippen LogP contribution in [0.5, 0.6) is 0 Å². The summed E-state index contributed by atoms with van der Waals surface area (Å²) in [4.78, 5) is 18.2. The van der Waals surface area contributed by atoms with E-state index in [0.29, 0.717) is 49.1 Å². The van der Waals surface area contributed by atoms with Gasteiger partial charge in [-0.1, -0.05) is 12.2 Å². The molecule has 9 heteroatoms. The second-order valence-electron chi connectivity index (χ2n) is 6.61. The van der Waals surface area contributed by atoms with Crippen LogP contribution in [-0.2, 0) is 4.74 Å². The van der Waals surface area contributed by atoms with Crippen LogP contribution in [0.4, 0.5) is 20.6 Å². The number of amides is 1. The Bertz CT molecular complexity index is 761. The summed E-state index contributed by atoms with van der Waals surface area (Å²) in [6.45, 7) is 5.71. The van der Waals surface area contributed by atoms with E-state index in [9.17, 15) is 9.18 Å². The number of ether oxygens (including phenoxy) is 1. The summed E-state index contributed by atoms with van der Waals surface area (Å²) in [5.41, 5.74) is 0.989. The molecule has 1 atom stereocenters. The van der Waals surface area contributed by atoms with Gasteiger partial charge in [0, 0.05) is 26.2 Å². The predicted octanol–water partition coefficient (Wildman–Crippen LogP) is 1.73. The van der Waals surface area contributed by atoms with Gasteiger partial charge in [0.25, 0.3) is 0 Å². The summed E-state index contributed by atoms with van der Waals surface area (Å²) in [7, 11) is 0. The molecule has 2 saturated heterocycles. The van der Waals surface area contributed by atoms with Gasteiger partial charge < -0.3 is 15.0 Å². The number of hydrogen-bond acceptors (Lipinski definition) is 6. The third kappa shape index (κ3) is 4.64. The molecule has 0 spiro atoms. The Labute approximate surface area is 163 Å². The van der Waals surface area contributed by atoms with Crippen molar-refractivity contribution in [3.63, 3.8) is 0 Å². The number of nitriles is 1. The maximum absolute atomic E-state index is 14.7. The van der Waals surface area contributed by atoms with Crippen LogP contribution in [0.3, 0.4) is 0 Å². The zero-order valence-corrected chi connectivity index (χ0v) is 16.0. The van der Waals surface area contributed by atoms with Crippen molar-refractivity contribution in [1.29, 1.82) is 5.26 Å². The van der Waals surface area contributed by atoms with E-state index < -0.39 is 6.09 Å². The molecule has 1 aromatic rings. The van der Waals surface area contributed by atoms with Gasteiger partial charge in [0.05, 0.1) is 42.1 Å². The van der Waals surface area contributed by atoms with E-state index in [1.165, 1.54) is 11.0 Å². The van der Waals surface area contributed by atoms with Crippen molar-refractivity contribution in [3.05, 3.63) is 24.0 Å². The average molecular weight is 391 g/mol. The van der Waals surface area contributed by atoms with Gasteiger partial charge >= 0.3 is 6.09 Å². The van der Waals surface area contributed by atoms with E-state index in [-0.39, 0.29) is 11.9 Å². The van der Waals surface area contributed by atoms with Crippen LogP contribution < -0.4 is 15.1 Å². The standard InChI is InChI=1S/C18H22FN5O2S/c1-13(27)21-11-15-12-24(18(25)26-15)14-2-3-17(16(19)10-14)23-8-6-22(5-4-20)7-9-23/h2-3,10,15H,5-9,11-12H2,1H3,(H,21,27). The molecule has 3 rings (SSSR count). The molecular formula is C18H22FN5O2S. The summed E-state index contributed by atoms with van der Waals surface area (Å²) in [6.07, 6.45) is -0.813. The number of carbonyl (C=O) groups is 1. The second-order valence-corrected chi connectivity index (χ2v) is 7.22. The lowest BCUT2D eigenvalue weighted by atomic mass is 10.2. The number of hydrogen-bond donors (Lipinski definition) is 1. The third-order valence-corrected chi connectivity index (χ3v) is 4.85. The van der Waals surface area contributed by atoms with Gasteiger partial charge in [-0.3, -0.25) is 9.80 Å². The number of nitrogens with zero attached hydrogens (tertiary/aromatic N) is 4. The number of anilines is 2. The molecule has 1 unspecified atom stereocenters. The normalized spacial score (nSPS) is 20.3. The van der Waals surface area contributed by atoms with E-state index in [1.54, 1.807) is 19.1 Å². The topological polar surface area (TPSA) is 71.8 Å². The van der Waals surface area contributed by atoms with Crippen LogP contribution in [-0.4, -0.2) is 67.9 Å². The highest BCUT2D eigenvalue weighted by Gasteiger charge is 2.32. The lowest BCUT2D eigenvalue weighted by Gasteiger charge is -2.35. The van der Waals surface area contributed by atoms with Crippen molar-refractivity contribution >= 4 is 34.7 Å². The van der Waals surface area contributed by atoms with Crippen LogP contribution >= 0.6 is 12.2 Å². The Kier molecular flexibility index (Phi) is 6.08. The van der Waals surface area contributed by atoms with Gasteiger partial charge in [0.2, 0.25) is 0 Å². The number of benzene rings is 1. The quantitative estimate of drug-likeness (QED) is 0.605. The third-order valence-electron chi connectivity index (χ3n) is 4.70. The lowest BCUT2D eigenvalue weighted by Crippen LogP contribution is -2.46. The van der Waals surface area contributed by atoms with Crippen molar-refractivity contribution < 1.29 is 13.9 Å². The number of rotatable bonds is 5. The molecule has 0 saturated carbocycles. The Morgan fingerprint density at radius 1 is 1.41 bits per heavy atom. The summed E-state index contributed by atoms with van der Waals surface area (Å²) in [6, 6.07) is 6.95. The van der Waals surface area contributed by atoms with Crippen LogP contribution in [0, 0.1) is 17.1 Å². The van der Waals surface area contributed by atoms with Crippen LogP contribution in [0.15, 0.2) is 18.2 Å². The van der Waals surface area contributed by atoms with Crippen molar-refractivity contribution in [1.82, 2.24) is 10.2 Å². The molecule has 2 fully saturated rings. The molecule has 2 heterocycles. The maximum Gasteiger partial charge on any atom is 0.414 e. The molecule has 1 amide bonds. The SMILES string of the molecule is CC(=S)NCC1CN(c2ccc(N3CCN(CC#N)CC3)c(F)c2)C(=O)O1. The molecule has 0 radical (unpaired) electrons. The summed E-state index contributed by atoms with van der Waals surface area (Å²) in [5.74, 6) is -0.370. The fourth-order valence-electron chi connectivity index (χ4n) is 3.26. The number of carbonyl (C=O) groups excluding carboxylic acids is 1. The number of nitrogens with one attached hydrogen (secondary N) is 1. The molecule has 0 bridgehead atoms. The Morgan fingerprint density at radius 2 is 2.15 bits per heavy atom. The summed E-state index contributed by atoms with van der Waals surface area (Å²) < 4.78 is 20.0. The summed E-state index contributed by atoms with van der Waals surface area (Å²) in [5, 5.41) is 11.7. The van der Waals surface area contributed by atoms with Crippen molar-refractivity contribution in [3.8, 4) is 6.07 Å². The minimum absolute atomic E-state index is 0.327. The molecule has 7 nitrogen and oxygen atoms in total. The molecular weight excluding hydrogens is 369 g/mol. The lowest BCUT2D eigenvalue weighted by molar-refractivity contribution is 0.143. The maximum atomic E-state index is 14.7. The fourth-order valence-corrected chi connectivity index (χ4v) is 3.35. The zero-order chi connectivity index (χ0) is 19.4. The molecule has 144 valence electrons. The van der Waals surface area contributed by atoms with Crippen molar-refractivity contribution in [2.75, 3.05) is 55.6 Å². The predicted molar refractivity (Wildman–Crippen MR) is 105 cm³/mol. The first-order chi connectivity index (χ1) is 13.0. The Balaban J connectivity index is 1.64. The Morgan fingerprint density at radius 3 is 2.78 bits per heavy atom. The average Bonchev–Trinajstić information content (AvgIpc) is 3.02. The number of thiocarbonyl (C=S) groups is 1. The van der Waals surface area contributed by atoms with Crippen LogP contribution in [0.2, 0.25) is 0 Å². The first kappa shape index (κ1) is 19.3. The van der Waals surface area contributed by atoms with Gasteiger partial charge in [-0.05, 0) is 25.1 Å². The van der Waals surface area contributed by atoms with Crippen molar-refractivity contribution in [2.24, 2.45) is 0 Å². The highest BCUT2D eigenvalue weighted by atomic mass is 32.1. The molecule has 2 aliphatic rings. The molecule has 1 N–H and O–H groups in total. The molecule has 27 heavy (non-hydrogen) atoms. The number of cyclic esters (lactones) is 1. The molecule has 2 aliphatic heterocycles. The van der Waals surface area contributed by atoms with Gasteiger partial charge in [-0.2, -0.15) is 5.26 Å². The van der Waals surface area contributed by atoms with Gasteiger partial charge in [-0.25, -0.2) is 9.18 Å². The van der Waals surface area contributed by atoms with Crippen LogP contribution in [0.1, 0.15) is 6.92 Å². The minimum Gasteiger partial charge on any atom is -0.442 e. The van der Waals surface area contributed by atoms with E-state index in [0.717, 1.165) is 13.1 Å². The second kappa shape index (κ2) is 8.50. The largest absolute Gasteiger partial charge is 0.442 e. The molecule has 1 aromatic carbocycles. The Hall–Kier alpha value is -2.44. The van der Waals surface area contributed by atoms with E-state index >= 15 is 0 Å². The van der Waals surface area contributed by atoms with E-state index in [1.807, 2.05) is 9.80 Å². The minimum atomic E-state index is -0.485. The summed E-state index contributed by atoms with van der Waals surface area (Å²) >= 11 is 4.96. The smallest absolute Gasteiger partial charge is 0.414 e. The van der Waals surface area contributed by atoms with Gasteiger partial charge in [-0.15, -0.1) is 0 Å². The zero-order valence-electron chi connectivity index (χ0n) is 15.2. The highest BCUT2D eigenvalue weighted by Crippen LogP contribution is 2.28.